The summed E-state index contributed by atoms with van der Waals surface area (Å²) in [6.45, 7) is 3.43. The molecule has 0 heterocycles. The summed E-state index contributed by atoms with van der Waals surface area (Å²) in [4.78, 5) is 23.6. The topological polar surface area (TPSA) is 52.6 Å². The van der Waals surface area contributed by atoms with E-state index in [1.807, 2.05) is 0 Å². The molecular weight excluding hydrogens is 319 g/mol. The van der Waals surface area contributed by atoms with Crippen molar-refractivity contribution in [3.8, 4) is 0 Å². The van der Waals surface area contributed by atoms with Crippen LogP contribution in [0.1, 0.15) is 25.3 Å². The number of halogens is 2. The SMILES string of the molecule is CCOC(=O)C(C(=O)OCC)c1ccc(Br)cc1F. The predicted molar refractivity (Wildman–Crippen MR) is 70.1 cm³/mol. The lowest BCUT2D eigenvalue weighted by molar-refractivity contribution is -0.157. The summed E-state index contributed by atoms with van der Waals surface area (Å²) in [5, 5.41) is 0. The van der Waals surface area contributed by atoms with Crippen molar-refractivity contribution in [1.82, 2.24) is 0 Å². The molecule has 6 heteroatoms. The van der Waals surface area contributed by atoms with Crippen molar-refractivity contribution >= 4 is 27.9 Å². The van der Waals surface area contributed by atoms with Crippen LogP contribution in [0.5, 0.6) is 0 Å². The molecule has 1 aromatic carbocycles. The Morgan fingerprint density at radius 3 is 2.16 bits per heavy atom. The van der Waals surface area contributed by atoms with Crippen LogP contribution in [0, 0.1) is 5.82 Å². The second-order valence-corrected chi connectivity index (χ2v) is 4.52. The van der Waals surface area contributed by atoms with E-state index in [9.17, 15) is 14.0 Å². The van der Waals surface area contributed by atoms with Gasteiger partial charge in [-0.1, -0.05) is 22.0 Å². The van der Waals surface area contributed by atoms with Crippen molar-refractivity contribution in [1.29, 1.82) is 0 Å². The fourth-order valence-electron chi connectivity index (χ4n) is 1.54. The van der Waals surface area contributed by atoms with Gasteiger partial charge in [0.05, 0.1) is 13.2 Å². The smallest absolute Gasteiger partial charge is 0.324 e. The third-order valence-corrected chi connectivity index (χ3v) is 2.81. The standard InChI is InChI=1S/C13H14BrFO4/c1-3-18-12(16)11(13(17)19-4-2)9-6-5-8(14)7-10(9)15/h5-7,11H,3-4H2,1-2H3. The first kappa shape index (κ1) is 15.6. The third kappa shape index (κ3) is 4.02. The Hall–Kier alpha value is -1.43. The number of rotatable bonds is 5. The highest BCUT2D eigenvalue weighted by molar-refractivity contribution is 9.10. The fraction of sp³-hybridized carbons (Fsp3) is 0.385. The van der Waals surface area contributed by atoms with Gasteiger partial charge in [-0.15, -0.1) is 0 Å². The highest BCUT2D eigenvalue weighted by Gasteiger charge is 2.33. The number of carbonyl (C=O) groups is 2. The molecule has 0 aliphatic heterocycles. The van der Waals surface area contributed by atoms with Crippen LogP contribution in [0.2, 0.25) is 0 Å². The third-order valence-electron chi connectivity index (χ3n) is 2.32. The molecule has 0 aromatic heterocycles. The van der Waals surface area contributed by atoms with Gasteiger partial charge in [-0.05, 0) is 26.0 Å². The van der Waals surface area contributed by atoms with Gasteiger partial charge in [0.25, 0.3) is 0 Å². The van der Waals surface area contributed by atoms with Gasteiger partial charge in [-0.25, -0.2) is 4.39 Å². The lowest BCUT2D eigenvalue weighted by Gasteiger charge is -2.15. The van der Waals surface area contributed by atoms with Crippen LogP contribution < -0.4 is 0 Å². The minimum absolute atomic E-state index is 0.0555. The molecule has 0 aliphatic carbocycles. The molecule has 0 saturated heterocycles. The van der Waals surface area contributed by atoms with Crippen molar-refractivity contribution < 1.29 is 23.5 Å². The van der Waals surface area contributed by atoms with Crippen LogP contribution >= 0.6 is 15.9 Å². The van der Waals surface area contributed by atoms with Crippen LogP contribution in [0.15, 0.2) is 22.7 Å². The van der Waals surface area contributed by atoms with Crippen LogP contribution in [0.25, 0.3) is 0 Å². The number of ether oxygens (including phenoxy) is 2. The Labute approximate surface area is 119 Å². The monoisotopic (exact) mass is 332 g/mol. The largest absolute Gasteiger partial charge is 0.465 e. The van der Waals surface area contributed by atoms with Gasteiger partial charge >= 0.3 is 11.9 Å². The molecule has 0 radical (unpaired) electrons. The molecule has 0 saturated carbocycles. The zero-order valence-corrected chi connectivity index (χ0v) is 12.2. The molecule has 4 nitrogen and oxygen atoms in total. The molecular formula is C13H14BrFO4. The Kier molecular flexibility index (Phi) is 5.95. The molecule has 104 valence electrons. The predicted octanol–water partition coefficient (Wildman–Crippen LogP) is 2.80. The summed E-state index contributed by atoms with van der Waals surface area (Å²) >= 11 is 3.11. The van der Waals surface area contributed by atoms with E-state index in [0.717, 1.165) is 0 Å². The zero-order chi connectivity index (χ0) is 14.4. The van der Waals surface area contributed by atoms with E-state index in [-0.39, 0.29) is 18.8 Å². The van der Waals surface area contributed by atoms with E-state index in [2.05, 4.69) is 15.9 Å². The maximum Gasteiger partial charge on any atom is 0.324 e. The fourth-order valence-corrected chi connectivity index (χ4v) is 1.87. The highest BCUT2D eigenvalue weighted by Crippen LogP contribution is 2.25. The summed E-state index contributed by atoms with van der Waals surface area (Å²) in [5.41, 5.74) is -0.0555. The van der Waals surface area contributed by atoms with Gasteiger partial charge < -0.3 is 9.47 Å². The second kappa shape index (κ2) is 7.23. The summed E-state index contributed by atoms with van der Waals surface area (Å²) < 4.78 is 24.0. The van der Waals surface area contributed by atoms with Gasteiger partial charge in [0, 0.05) is 10.0 Å². The minimum atomic E-state index is -1.40. The van der Waals surface area contributed by atoms with Crippen molar-refractivity contribution in [2.75, 3.05) is 13.2 Å². The Morgan fingerprint density at radius 2 is 1.74 bits per heavy atom. The van der Waals surface area contributed by atoms with Gasteiger partial charge in [0.1, 0.15) is 5.82 Å². The average molecular weight is 333 g/mol. The van der Waals surface area contributed by atoms with Crippen molar-refractivity contribution in [3.63, 3.8) is 0 Å². The first-order chi connectivity index (χ1) is 9.01. The molecule has 0 fully saturated rings. The summed E-state index contributed by atoms with van der Waals surface area (Å²) in [5.74, 6) is -3.70. The van der Waals surface area contributed by atoms with E-state index in [0.29, 0.717) is 4.47 Å². The lowest BCUT2D eigenvalue weighted by Crippen LogP contribution is -2.27. The van der Waals surface area contributed by atoms with Gasteiger partial charge in [-0.2, -0.15) is 0 Å². The molecule has 0 bridgehead atoms. The molecule has 0 spiro atoms. The van der Waals surface area contributed by atoms with Crippen molar-refractivity contribution in [3.05, 3.63) is 34.1 Å². The molecule has 1 rings (SSSR count). The Balaban J connectivity index is 3.14. The van der Waals surface area contributed by atoms with Gasteiger partial charge in [-0.3, -0.25) is 9.59 Å². The van der Waals surface area contributed by atoms with Gasteiger partial charge in [0.2, 0.25) is 0 Å². The molecule has 0 N–H and O–H groups in total. The molecule has 0 amide bonds. The van der Waals surface area contributed by atoms with Crippen LogP contribution in [0.3, 0.4) is 0 Å². The van der Waals surface area contributed by atoms with E-state index in [1.165, 1.54) is 12.1 Å². The number of esters is 2. The van der Waals surface area contributed by atoms with Crippen LogP contribution in [0.4, 0.5) is 4.39 Å². The first-order valence-corrected chi connectivity index (χ1v) is 6.58. The molecule has 0 atom stereocenters. The second-order valence-electron chi connectivity index (χ2n) is 3.60. The molecule has 19 heavy (non-hydrogen) atoms. The minimum Gasteiger partial charge on any atom is -0.465 e. The Bertz CT molecular complexity index is 458. The summed E-state index contributed by atoms with van der Waals surface area (Å²) in [6, 6.07) is 4.09. The number of benzene rings is 1. The maximum atomic E-state index is 13.9. The maximum absolute atomic E-state index is 13.9. The van der Waals surface area contributed by atoms with Crippen LogP contribution in [-0.2, 0) is 19.1 Å². The summed E-state index contributed by atoms with van der Waals surface area (Å²) in [7, 11) is 0. The quantitative estimate of drug-likeness (QED) is 0.614. The van der Waals surface area contributed by atoms with Gasteiger partial charge in [0.15, 0.2) is 5.92 Å². The normalized spacial score (nSPS) is 10.4. The van der Waals surface area contributed by atoms with Crippen molar-refractivity contribution in [2.24, 2.45) is 0 Å². The van der Waals surface area contributed by atoms with E-state index >= 15 is 0 Å². The number of hydrogen-bond donors (Lipinski definition) is 0. The zero-order valence-electron chi connectivity index (χ0n) is 10.6. The van der Waals surface area contributed by atoms with E-state index in [4.69, 9.17) is 9.47 Å². The van der Waals surface area contributed by atoms with E-state index in [1.54, 1.807) is 19.9 Å². The number of hydrogen-bond acceptors (Lipinski definition) is 4. The lowest BCUT2D eigenvalue weighted by atomic mass is 9.99. The average Bonchev–Trinajstić information content (AvgIpc) is 2.33. The highest BCUT2D eigenvalue weighted by atomic mass is 79.9. The number of carbonyl (C=O) groups excluding carboxylic acids is 2. The van der Waals surface area contributed by atoms with Crippen LogP contribution in [-0.4, -0.2) is 25.2 Å². The van der Waals surface area contributed by atoms with E-state index < -0.39 is 23.7 Å². The molecule has 0 aliphatic rings. The first-order valence-electron chi connectivity index (χ1n) is 5.79. The summed E-state index contributed by atoms with van der Waals surface area (Å²) in [6.07, 6.45) is 0. The molecule has 0 unspecified atom stereocenters. The molecule has 1 aromatic rings. The Morgan fingerprint density at radius 1 is 1.21 bits per heavy atom. The van der Waals surface area contributed by atoms with Crippen molar-refractivity contribution in [2.45, 2.75) is 19.8 Å².